The molecule has 1 aromatic heterocycles. The van der Waals surface area contributed by atoms with Crippen LogP contribution in [0, 0.1) is 0 Å². The molecule has 0 aliphatic carbocycles. The summed E-state index contributed by atoms with van der Waals surface area (Å²) >= 11 is 0. The Morgan fingerprint density at radius 3 is 2.26 bits per heavy atom. The summed E-state index contributed by atoms with van der Waals surface area (Å²) in [5.41, 5.74) is -1.46. The number of aliphatic hydroxyl groups is 3. The van der Waals surface area contributed by atoms with E-state index in [0.29, 0.717) is 0 Å². The maximum Gasteiger partial charge on any atom is 0.239 e. The molecule has 4 rings (SSSR count). The van der Waals surface area contributed by atoms with E-state index in [0.717, 1.165) is 18.2 Å². The van der Waals surface area contributed by atoms with Gasteiger partial charge in [-0.15, -0.1) is 0 Å². The van der Waals surface area contributed by atoms with Crippen LogP contribution in [-0.2, 0) is 4.74 Å². The van der Waals surface area contributed by atoms with Gasteiger partial charge in [-0.1, -0.05) is 0 Å². The van der Waals surface area contributed by atoms with Crippen molar-refractivity contribution >= 4 is 11.0 Å². The Kier molecular flexibility index (Phi) is 5.91. The molecule has 0 radical (unpaired) electrons. The number of rotatable bonds is 4. The summed E-state index contributed by atoms with van der Waals surface area (Å²) in [5.74, 6) is -3.43. The zero-order chi connectivity index (χ0) is 24.9. The van der Waals surface area contributed by atoms with E-state index in [1.165, 1.54) is 20.1 Å². The Bertz CT molecular complexity index is 1300. The van der Waals surface area contributed by atoms with E-state index in [1.54, 1.807) is 0 Å². The van der Waals surface area contributed by atoms with Gasteiger partial charge >= 0.3 is 0 Å². The Balaban J connectivity index is 1.97. The second-order valence-corrected chi connectivity index (χ2v) is 7.74. The number of aliphatic hydroxyl groups excluding tert-OH is 3. The Morgan fingerprint density at radius 2 is 1.62 bits per heavy atom. The van der Waals surface area contributed by atoms with Crippen molar-refractivity contribution in [2.45, 2.75) is 37.6 Å². The second-order valence-electron chi connectivity index (χ2n) is 7.74. The highest BCUT2D eigenvalue weighted by atomic mass is 16.7. The predicted molar refractivity (Wildman–Crippen MR) is 114 cm³/mol. The van der Waals surface area contributed by atoms with Crippen molar-refractivity contribution in [1.82, 2.24) is 0 Å². The molecule has 3 aromatic rings. The second kappa shape index (κ2) is 8.57. The van der Waals surface area contributed by atoms with Gasteiger partial charge in [0.05, 0.1) is 13.2 Å². The van der Waals surface area contributed by atoms with E-state index >= 15 is 0 Å². The topological polar surface area (TPSA) is 200 Å². The average molecular weight is 478 g/mol. The third-order valence-electron chi connectivity index (χ3n) is 5.54. The summed E-state index contributed by atoms with van der Waals surface area (Å²) < 4.78 is 21.7. The molecular weight excluding hydrogens is 456 g/mol. The maximum absolute atomic E-state index is 13.4. The van der Waals surface area contributed by atoms with E-state index in [-0.39, 0.29) is 17.1 Å². The summed E-state index contributed by atoms with van der Waals surface area (Å²) in [6.07, 6.45) is -7.50. The standard InChI is InChI=1S/C22H22O12/c1-7-14(26)17(29)18(30)22(32-7)34-21-16(28)13-11(25)6-12(31-2)15(27)20(13)33-19(21)8-3-4-9(23)10(24)5-8/h3-7,14,17-18,22-27,29-30H,1-2H3/t7-,14-,17+,18-,22-/m0/s1. The van der Waals surface area contributed by atoms with Gasteiger partial charge in [0.1, 0.15) is 29.4 Å². The van der Waals surface area contributed by atoms with Crippen LogP contribution < -0.4 is 14.9 Å². The number of fused-ring (bicyclic) bond motifs is 1. The number of hydrogen-bond acceptors (Lipinski definition) is 12. The highest BCUT2D eigenvalue weighted by Crippen LogP contribution is 2.44. The van der Waals surface area contributed by atoms with E-state index < -0.39 is 75.9 Å². The van der Waals surface area contributed by atoms with Crippen LogP contribution in [0.4, 0.5) is 0 Å². The first-order valence-electron chi connectivity index (χ1n) is 10.0. The zero-order valence-electron chi connectivity index (χ0n) is 17.9. The highest BCUT2D eigenvalue weighted by molar-refractivity contribution is 5.93. The molecule has 0 spiro atoms. The van der Waals surface area contributed by atoms with Crippen LogP contribution in [-0.4, -0.2) is 73.6 Å². The average Bonchev–Trinajstić information content (AvgIpc) is 2.81. The lowest BCUT2D eigenvalue weighted by molar-refractivity contribution is -0.268. The molecule has 2 heterocycles. The third-order valence-corrected chi connectivity index (χ3v) is 5.54. The van der Waals surface area contributed by atoms with Crippen LogP contribution in [0.1, 0.15) is 6.92 Å². The van der Waals surface area contributed by atoms with Gasteiger partial charge in [0.25, 0.3) is 0 Å². The SMILES string of the molecule is COc1cc(O)c2c(=O)c(O[C@@H]3O[C@@H](C)[C@H](O)[C@@H](O)[C@@H]3O)c(-c3ccc(O)c(O)c3)oc2c1O. The summed E-state index contributed by atoms with van der Waals surface area (Å²) in [5, 5.41) is 70.3. The Hall–Kier alpha value is -3.71. The number of phenols is 4. The van der Waals surface area contributed by atoms with Crippen molar-refractivity contribution in [3.05, 3.63) is 34.5 Å². The first kappa shape index (κ1) is 23.4. The number of phenolic OH excluding ortho intramolecular Hbond substituents is 4. The van der Waals surface area contributed by atoms with E-state index in [9.17, 15) is 40.5 Å². The molecule has 0 saturated carbocycles. The highest BCUT2D eigenvalue weighted by Gasteiger charge is 2.44. The Labute approximate surface area is 191 Å². The first-order valence-corrected chi connectivity index (χ1v) is 10.0. The molecule has 0 amide bonds. The molecule has 5 atom stereocenters. The van der Waals surface area contributed by atoms with Gasteiger partial charge in [-0.2, -0.15) is 0 Å². The largest absolute Gasteiger partial charge is 0.507 e. The van der Waals surface area contributed by atoms with Crippen LogP contribution in [0.2, 0.25) is 0 Å². The van der Waals surface area contributed by atoms with Crippen LogP contribution in [0.25, 0.3) is 22.3 Å². The molecule has 1 aliphatic heterocycles. The van der Waals surface area contributed by atoms with Crippen molar-refractivity contribution in [3.63, 3.8) is 0 Å². The van der Waals surface area contributed by atoms with Crippen LogP contribution in [0.15, 0.2) is 33.5 Å². The molecule has 0 unspecified atom stereocenters. The van der Waals surface area contributed by atoms with Gasteiger partial charge in [-0.05, 0) is 25.1 Å². The molecule has 1 saturated heterocycles. The minimum Gasteiger partial charge on any atom is -0.507 e. The van der Waals surface area contributed by atoms with E-state index in [4.69, 9.17) is 18.6 Å². The molecule has 12 nitrogen and oxygen atoms in total. The molecule has 2 aromatic carbocycles. The van der Waals surface area contributed by atoms with E-state index in [2.05, 4.69) is 0 Å². The number of hydrogen-bond donors (Lipinski definition) is 7. The monoisotopic (exact) mass is 478 g/mol. The van der Waals surface area contributed by atoms with Crippen molar-refractivity contribution < 1.29 is 54.4 Å². The lowest BCUT2D eigenvalue weighted by atomic mass is 10.00. The molecule has 7 N–H and O–H groups in total. The van der Waals surface area contributed by atoms with Crippen molar-refractivity contribution in [2.75, 3.05) is 7.11 Å². The van der Waals surface area contributed by atoms with Crippen LogP contribution in [0.5, 0.6) is 34.5 Å². The van der Waals surface area contributed by atoms with Crippen molar-refractivity contribution in [3.8, 4) is 45.8 Å². The summed E-state index contributed by atoms with van der Waals surface area (Å²) in [6, 6.07) is 4.40. The summed E-state index contributed by atoms with van der Waals surface area (Å²) in [6.45, 7) is 1.41. The van der Waals surface area contributed by atoms with Gasteiger partial charge in [0, 0.05) is 11.6 Å². The minimum absolute atomic E-state index is 0.00457. The van der Waals surface area contributed by atoms with Gasteiger partial charge in [-0.25, -0.2) is 0 Å². The van der Waals surface area contributed by atoms with Crippen molar-refractivity contribution in [2.24, 2.45) is 0 Å². The minimum atomic E-state index is -1.78. The third kappa shape index (κ3) is 3.72. The molecule has 12 heteroatoms. The van der Waals surface area contributed by atoms with Gasteiger partial charge < -0.3 is 54.4 Å². The predicted octanol–water partition coefficient (Wildman–Crippen LogP) is 0.497. The summed E-state index contributed by atoms with van der Waals surface area (Å²) in [4.78, 5) is 13.4. The fourth-order valence-electron chi connectivity index (χ4n) is 3.64. The molecule has 34 heavy (non-hydrogen) atoms. The quantitative estimate of drug-likeness (QED) is 0.203. The number of aromatic hydroxyl groups is 4. The number of methoxy groups -OCH3 is 1. The lowest BCUT2D eigenvalue weighted by Gasteiger charge is -2.38. The molecule has 1 fully saturated rings. The van der Waals surface area contributed by atoms with Gasteiger partial charge in [0.2, 0.25) is 23.2 Å². The van der Waals surface area contributed by atoms with Crippen molar-refractivity contribution in [1.29, 1.82) is 0 Å². The Morgan fingerprint density at radius 1 is 0.912 bits per heavy atom. The maximum atomic E-state index is 13.4. The normalized spacial score (nSPS) is 24.8. The van der Waals surface area contributed by atoms with Crippen LogP contribution >= 0.6 is 0 Å². The van der Waals surface area contributed by atoms with Gasteiger partial charge in [0.15, 0.2) is 28.6 Å². The molecular formula is C22H22O12. The molecule has 1 aliphatic rings. The first-order chi connectivity index (χ1) is 16.0. The lowest BCUT2D eigenvalue weighted by Crippen LogP contribution is -2.58. The fraction of sp³-hybridized carbons (Fsp3) is 0.318. The van der Waals surface area contributed by atoms with E-state index in [1.807, 2.05) is 0 Å². The molecule has 182 valence electrons. The smallest absolute Gasteiger partial charge is 0.239 e. The number of ether oxygens (including phenoxy) is 3. The van der Waals surface area contributed by atoms with Gasteiger partial charge in [-0.3, -0.25) is 4.79 Å². The summed E-state index contributed by atoms with van der Waals surface area (Å²) in [7, 11) is 1.22. The number of benzene rings is 2. The van der Waals surface area contributed by atoms with Crippen LogP contribution in [0.3, 0.4) is 0 Å². The fourth-order valence-corrected chi connectivity index (χ4v) is 3.64. The zero-order valence-corrected chi connectivity index (χ0v) is 17.9. The molecule has 0 bridgehead atoms.